The number of hydrogen-bond acceptors (Lipinski definition) is 3. The van der Waals surface area contributed by atoms with Gasteiger partial charge in [0.15, 0.2) is 6.61 Å². The summed E-state index contributed by atoms with van der Waals surface area (Å²) in [7, 11) is 0. The number of anilines is 1. The van der Waals surface area contributed by atoms with Crippen LogP contribution in [0, 0.1) is 0 Å². The van der Waals surface area contributed by atoms with Crippen LogP contribution in [0.4, 0.5) is 5.69 Å². The van der Waals surface area contributed by atoms with Crippen molar-refractivity contribution < 1.29 is 14.3 Å². The second-order valence-electron chi connectivity index (χ2n) is 5.60. The first-order chi connectivity index (χ1) is 11.2. The third-order valence-corrected chi connectivity index (χ3v) is 3.96. The fraction of sp³-hybridized carbons (Fsp3) is 0.263. The summed E-state index contributed by atoms with van der Waals surface area (Å²) in [6.45, 7) is 0.464. The Balaban J connectivity index is 1.57. The SMILES string of the molecule is O=C(Cc1ccccc1)OCC(=O)N1CCCc2ccccc21. The number of rotatable bonds is 4. The van der Waals surface area contributed by atoms with E-state index in [-0.39, 0.29) is 24.9 Å². The molecule has 0 aromatic heterocycles. The Morgan fingerprint density at radius 3 is 2.57 bits per heavy atom. The van der Waals surface area contributed by atoms with Crippen molar-refractivity contribution >= 4 is 17.6 Å². The minimum atomic E-state index is -0.380. The largest absolute Gasteiger partial charge is 0.455 e. The summed E-state index contributed by atoms with van der Waals surface area (Å²) in [6, 6.07) is 17.3. The predicted molar refractivity (Wildman–Crippen MR) is 88.2 cm³/mol. The Hall–Kier alpha value is -2.62. The molecule has 0 saturated carbocycles. The fourth-order valence-corrected chi connectivity index (χ4v) is 2.83. The minimum absolute atomic E-state index is 0.168. The summed E-state index contributed by atoms with van der Waals surface area (Å²) < 4.78 is 5.15. The Labute approximate surface area is 135 Å². The van der Waals surface area contributed by atoms with Crippen molar-refractivity contribution in [3.8, 4) is 0 Å². The highest BCUT2D eigenvalue weighted by Gasteiger charge is 2.22. The number of carbonyl (C=O) groups excluding carboxylic acids is 2. The number of carbonyl (C=O) groups is 2. The first-order valence-electron chi connectivity index (χ1n) is 7.82. The zero-order chi connectivity index (χ0) is 16.1. The summed E-state index contributed by atoms with van der Waals surface area (Å²) >= 11 is 0. The van der Waals surface area contributed by atoms with Crippen LogP contribution >= 0.6 is 0 Å². The van der Waals surface area contributed by atoms with Gasteiger partial charge >= 0.3 is 5.97 Å². The topological polar surface area (TPSA) is 46.6 Å². The molecule has 0 saturated heterocycles. The van der Waals surface area contributed by atoms with Crippen LogP contribution < -0.4 is 4.90 Å². The third kappa shape index (κ3) is 3.77. The lowest BCUT2D eigenvalue weighted by Crippen LogP contribution is -2.38. The molecule has 3 rings (SSSR count). The lowest BCUT2D eigenvalue weighted by Gasteiger charge is -2.29. The minimum Gasteiger partial charge on any atom is -0.455 e. The van der Waals surface area contributed by atoms with Gasteiger partial charge in [-0.25, -0.2) is 0 Å². The molecule has 2 aromatic carbocycles. The zero-order valence-corrected chi connectivity index (χ0v) is 12.9. The Bertz CT molecular complexity index is 697. The lowest BCUT2D eigenvalue weighted by atomic mass is 10.0. The van der Waals surface area contributed by atoms with E-state index in [4.69, 9.17) is 4.74 Å². The van der Waals surface area contributed by atoms with E-state index in [0.717, 1.165) is 24.1 Å². The van der Waals surface area contributed by atoms with E-state index in [1.54, 1.807) is 4.90 Å². The van der Waals surface area contributed by atoms with Gasteiger partial charge in [-0.05, 0) is 30.0 Å². The molecule has 4 nitrogen and oxygen atoms in total. The van der Waals surface area contributed by atoms with Gasteiger partial charge in [0, 0.05) is 12.2 Å². The van der Waals surface area contributed by atoms with Gasteiger partial charge in [0.1, 0.15) is 0 Å². The Kier molecular flexibility index (Phi) is 4.71. The highest BCUT2D eigenvalue weighted by Crippen LogP contribution is 2.26. The number of nitrogens with zero attached hydrogens (tertiary/aromatic N) is 1. The van der Waals surface area contributed by atoms with Crippen molar-refractivity contribution in [1.29, 1.82) is 0 Å². The van der Waals surface area contributed by atoms with E-state index < -0.39 is 0 Å². The highest BCUT2D eigenvalue weighted by atomic mass is 16.5. The lowest BCUT2D eigenvalue weighted by molar-refractivity contribution is -0.147. The van der Waals surface area contributed by atoms with Crippen LogP contribution in [0.25, 0.3) is 0 Å². The molecular formula is C19H19NO3. The Morgan fingerprint density at radius 2 is 1.74 bits per heavy atom. The van der Waals surface area contributed by atoms with Crippen LogP contribution in [0.1, 0.15) is 17.5 Å². The second kappa shape index (κ2) is 7.09. The molecule has 2 aromatic rings. The monoisotopic (exact) mass is 309 g/mol. The smallest absolute Gasteiger partial charge is 0.310 e. The van der Waals surface area contributed by atoms with Crippen LogP contribution in [0.5, 0.6) is 0 Å². The van der Waals surface area contributed by atoms with Gasteiger partial charge in [0.2, 0.25) is 0 Å². The van der Waals surface area contributed by atoms with E-state index in [0.29, 0.717) is 6.54 Å². The molecule has 1 amide bonds. The predicted octanol–water partition coefficient (Wildman–Crippen LogP) is 2.75. The maximum atomic E-state index is 12.4. The molecule has 0 bridgehead atoms. The van der Waals surface area contributed by atoms with Gasteiger partial charge in [-0.2, -0.15) is 0 Å². The summed E-state index contributed by atoms with van der Waals surface area (Å²) in [5.41, 5.74) is 2.99. The van der Waals surface area contributed by atoms with Gasteiger partial charge in [-0.3, -0.25) is 9.59 Å². The average molecular weight is 309 g/mol. The maximum absolute atomic E-state index is 12.4. The molecule has 118 valence electrons. The number of aryl methyl sites for hydroxylation is 1. The molecule has 0 fully saturated rings. The molecule has 0 aliphatic carbocycles. The molecule has 0 radical (unpaired) electrons. The van der Waals surface area contributed by atoms with Gasteiger partial charge in [-0.15, -0.1) is 0 Å². The number of fused-ring (bicyclic) bond motifs is 1. The molecule has 0 atom stereocenters. The number of para-hydroxylation sites is 1. The fourth-order valence-electron chi connectivity index (χ4n) is 2.83. The van der Waals surface area contributed by atoms with E-state index in [1.807, 2.05) is 54.6 Å². The quantitative estimate of drug-likeness (QED) is 0.816. The molecule has 0 spiro atoms. The van der Waals surface area contributed by atoms with Crippen molar-refractivity contribution in [1.82, 2.24) is 0 Å². The van der Waals surface area contributed by atoms with Gasteiger partial charge in [0.25, 0.3) is 5.91 Å². The first-order valence-corrected chi connectivity index (χ1v) is 7.82. The molecule has 4 heteroatoms. The van der Waals surface area contributed by atoms with Crippen LogP contribution in [0.2, 0.25) is 0 Å². The normalized spacial score (nSPS) is 13.3. The van der Waals surface area contributed by atoms with E-state index in [2.05, 4.69) is 0 Å². The molecule has 23 heavy (non-hydrogen) atoms. The first kappa shape index (κ1) is 15.3. The third-order valence-electron chi connectivity index (χ3n) is 3.96. The second-order valence-corrected chi connectivity index (χ2v) is 5.60. The highest BCUT2D eigenvalue weighted by molar-refractivity contribution is 5.96. The molecule has 1 aliphatic heterocycles. The Morgan fingerprint density at radius 1 is 1.00 bits per heavy atom. The summed E-state index contributed by atoms with van der Waals surface area (Å²) in [5.74, 6) is -0.548. The van der Waals surface area contributed by atoms with Gasteiger partial charge < -0.3 is 9.64 Å². The van der Waals surface area contributed by atoms with Gasteiger partial charge in [0.05, 0.1) is 6.42 Å². The molecule has 1 heterocycles. The number of esters is 1. The standard InChI is InChI=1S/C19H19NO3/c21-18(14-23-19(22)13-15-7-2-1-3-8-15)20-12-6-10-16-9-4-5-11-17(16)20/h1-5,7-9,11H,6,10,12-14H2. The van der Waals surface area contributed by atoms with Crippen molar-refractivity contribution in [3.05, 3.63) is 65.7 Å². The molecule has 0 unspecified atom stereocenters. The van der Waals surface area contributed by atoms with Crippen molar-refractivity contribution in [2.24, 2.45) is 0 Å². The van der Waals surface area contributed by atoms with Crippen molar-refractivity contribution in [2.75, 3.05) is 18.1 Å². The summed E-state index contributed by atoms with van der Waals surface area (Å²) in [4.78, 5) is 25.9. The molecule has 1 aliphatic rings. The molecular weight excluding hydrogens is 290 g/mol. The number of hydrogen-bond donors (Lipinski definition) is 0. The van der Waals surface area contributed by atoms with E-state index in [1.165, 1.54) is 5.56 Å². The van der Waals surface area contributed by atoms with Crippen LogP contribution in [-0.4, -0.2) is 25.0 Å². The zero-order valence-electron chi connectivity index (χ0n) is 12.9. The summed E-state index contributed by atoms with van der Waals surface area (Å²) in [5, 5.41) is 0. The maximum Gasteiger partial charge on any atom is 0.310 e. The van der Waals surface area contributed by atoms with Crippen LogP contribution in [-0.2, 0) is 27.2 Å². The van der Waals surface area contributed by atoms with Crippen LogP contribution in [0.3, 0.4) is 0 Å². The van der Waals surface area contributed by atoms with E-state index >= 15 is 0 Å². The van der Waals surface area contributed by atoms with E-state index in [9.17, 15) is 9.59 Å². The van der Waals surface area contributed by atoms with Gasteiger partial charge in [-0.1, -0.05) is 48.5 Å². The average Bonchev–Trinajstić information content (AvgIpc) is 2.60. The number of amides is 1. The molecule has 0 N–H and O–H groups in total. The number of benzene rings is 2. The summed E-state index contributed by atoms with van der Waals surface area (Å²) in [6.07, 6.45) is 2.10. The van der Waals surface area contributed by atoms with Crippen LogP contribution in [0.15, 0.2) is 54.6 Å². The number of ether oxygens (including phenoxy) is 1. The van der Waals surface area contributed by atoms with Crippen molar-refractivity contribution in [2.45, 2.75) is 19.3 Å². The van der Waals surface area contributed by atoms with Crippen molar-refractivity contribution in [3.63, 3.8) is 0 Å².